The molecule has 0 aliphatic rings. The first-order valence-corrected chi connectivity index (χ1v) is 4.77. The van der Waals surface area contributed by atoms with Gasteiger partial charge in [-0.05, 0) is 0 Å². The maximum absolute atomic E-state index is 11.5. The Hall–Kier alpha value is -1.62. The summed E-state index contributed by atoms with van der Waals surface area (Å²) in [5.74, 6) is 0.0538. The van der Waals surface area contributed by atoms with Crippen LogP contribution in [0, 0.1) is 0 Å². The predicted molar refractivity (Wildman–Crippen MR) is 58.1 cm³/mol. The average molecular weight is 208 g/mol. The molecule has 1 heterocycles. The second-order valence-electron chi connectivity index (χ2n) is 3.28. The lowest BCUT2D eigenvalue weighted by molar-refractivity contribution is -0.129. The number of carbonyl (C=O) groups excluding carboxylic acids is 1. The zero-order valence-electron chi connectivity index (χ0n) is 8.86. The maximum atomic E-state index is 11.5. The molecule has 0 saturated carbocycles. The Morgan fingerprint density at radius 3 is 3.20 bits per heavy atom. The van der Waals surface area contributed by atoms with Gasteiger partial charge in [-0.25, -0.2) is 0 Å². The SMILES string of the molecule is C=CCNCC(=O)N(C)Cc1cn[nH]c1. The molecule has 82 valence electrons. The molecule has 15 heavy (non-hydrogen) atoms. The minimum Gasteiger partial charge on any atom is -0.340 e. The van der Waals surface area contributed by atoms with E-state index in [1.807, 2.05) is 0 Å². The van der Waals surface area contributed by atoms with Crippen LogP contribution in [0.3, 0.4) is 0 Å². The second kappa shape index (κ2) is 5.98. The molecule has 5 nitrogen and oxygen atoms in total. The van der Waals surface area contributed by atoms with Crippen molar-refractivity contribution < 1.29 is 4.79 Å². The minimum absolute atomic E-state index is 0.0538. The van der Waals surface area contributed by atoms with E-state index in [9.17, 15) is 4.79 Å². The minimum atomic E-state index is 0.0538. The highest BCUT2D eigenvalue weighted by molar-refractivity contribution is 5.77. The molecule has 0 aromatic carbocycles. The van der Waals surface area contributed by atoms with Gasteiger partial charge in [0.25, 0.3) is 0 Å². The number of hydrogen-bond donors (Lipinski definition) is 2. The van der Waals surface area contributed by atoms with E-state index in [-0.39, 0.29) is 5.91 Å². The number of aromatic nitrogens is 2. The molecule has 0 spiro atoms. The van der Waals surface area contributed by atoms with E-state index < -0.39 is 0 Å². The van der Waals surface area contributed by atoms with E-state index in [1.54, 1.807) is 30.4 Å². The van der Waals surface area contributed by atoms with Crippen LogP contribution in [0.4, 0.5) is 0 Å². The van der Waals surface area contributed by atoms with Crippen molar-refractivity contribution in [2.75, 3.05) is 20.1 Å². The number of likely N-dealkylation sites (N-methyl/N-ethyl adjacent to an activating group) is 1. The molecule has 5 heteroatoms. The van der Waals surface area contributed by atoms with Gasteiger partial charge in [-0.3, -0.25) is 9.89 Å². The molecule has 1 aromatic rings. The number of carbonyl (C=O) groups is 1. The van der Waals surface area contributed by atoms with Crippen LogP contribution in [0.15, 0.2) is 25.0 Å². The Bertz CT molecular complexity index is 307. The first-order valence-electron chi connectivity index (χ1n) is 4.77. The van der Waals surface area contributed by atoms with Gasteiger partial charge >= 0.3 is 0 Å². The number of aromatic amines is 1. The summed E-state index contributed by atoms with van der Waals surface area (Å²) in [6, 6.07) is 0. The van der Waals surface area contributed by atoms with Crippen LogP contribution in [-0.4, -0.2) is 41.1 Å². The quantitative estimate of drug-likeness (QED) is 0.516. The highest BCUT2D eigenvalue weighted by Gasteiger charge is 2.08. The van der Waals surface area contributed by atoms with Crippen LogP contribution in [-0.2, 0) is 11.3 Å². The van der Waals surface area contributed by atoms with Crippen molar-refractivity contribution in [3.05, 3.63) is 30.6 Å². The molecule has 0 saturated heterocycles. The van der Waals surface area contributed by atoms with Crippen molar-refractivity contribution in [1.82, 2.24) is 20.4 Å². The summed E-state index contributed by atoms with van der Waals surface area (Å²) in [5.41, 5.74) is 0.995. The van der Waals surface area contributed by atoms with E-state index in [2.05, 4.69) is 22.1 Å². The average Bonchev–Trinajstić information content (AvgIpc) is 2.70. The topological polar surface area (TPSA) is 61.0 Å². The Labute approximate surface area is 89.2 Å². The second-order valence-corrected chi connectivity index (χ2v) is 3.28. The third kappa shape index (κ3) is 3.95. The normalized spacial score (nSPS) is 9.93. The number of rotatable bonds is 6. The Morgan fingerprint density at radius 2 is 2.60 bits per heavy atom. The zero-order valence-corrected chi connectivity index (χ0v) is 8.86. The lowest BCUT2D eigenvalue weighted by Crippen LogP contribution is -2.35. The van der Waals surface area contributed by atoms with Gasteiger partial charge in [0.05, 0.1) is 12.7 Å². The number of nitrogens with zero attached hydrogens (tertiary/aromatic N) is 2. The third-order valence-corrected chi connectivity index (χ3v) is 1.97. The largest absolute Gasteiger partial charge is 0.340 e. The van der Waals surface area contributed by atoms with Gasteiger partial charge in [0.1, 0.15) is 0 Å². The molecule has 0 bridgehead atoms. The first kappa shape index (κ1) is 11.5. The fraction of sp³-hybridized carbons (Fsp3) is 0.400. The van der Waals surface area contributed by atoms with Gasteiger partial charge in [0, 0.05) is 31.9 Å². The van der Waals surface area contributed by atoms with E-state index >= 15 is 0 Å². The predicted octanol–water partition coefficient (Wildman–Crippen LogP) is 0.144. The summed E-state index contributed by atoms with van der Waals surface area (Å²) in [4.78, 5) is 13.2. The lowest BCUT2D eigenvalue weighted by atomic mass is 10.3. The van der Waals surface area contributed by atoms with Gasteiger partial charge in [-0.2, -0.15) is 5.10 Å². The zero-order chi connectivity index (χ0) is 11.1. The molecule has 2 N–H and O–H groups in total. The maximum Gasteiger partial charge on any atom is 0.236 e. The lowest BCUT2D eigenvalue weighted by Gasteiger charge is -2.16. The van der Waals surface area contributed by atoms with Crippen LogP contribution in [0.25, 0.3) is 0 Å². The molecular formula is C10H16N4O. The van der Waals surface area contributed by atoms with Gasteiger partial charge in [0.15, 0.2) is 0 Å². The molecule has 1 amide bonds. The van der Waals surface area contributed by atoms with Crippen molar-refractivity contribution in [3.8, 4) is 0 Å². The molecule has 0 aliphatic carbocycles. The molecule has 0 fully saturated rings. The number of amides is 1. The molecule has 0 unspecified atom stereocenters. The summed E-state index contributed by atoms with van der Waals surface area (Å²) < 4.78 is 0. The highest BCUT2D eigenvalue weighted by Crippen LogP contribution is 1.98. The summed E-state index contributed by atoms with van der Waals surface area (Å²) in [7, 11) is 1.77. The van der Waals surface area contributed by atoms with Gasteiger partial charge in [-0.15, -0.1) is 6.58 Å². The summed E-state index contributed by atoms with van der Waals surface area (Å²) in [5, 5.41) is 9.49. The number of nitrogens with one attached hydrogen (secondary N) is 2. The van der Waals surface area contributed by atoms with Gasteiger partial charge < -0.3 is 10.2 Å². The van der Waals surface area contributed by atoms with Crippen molar-refractivity contribution in [2.45, 2.75) is 6.54 Å². The molecule has 0 aliphatic heterocycles. The summed E-state index contributed by atoms with van der Waals surface area (Å²) >= 11 is 0. The smallest absolute Gasteiger partial charge is 0.236 e. The summed E-state index contributed by atoms with van der Waals surface area (Å²) in [6.07, 6.45) is 5.21. The Kier molecular flexibility index (Phi) is 4.56. The van der Waals surface area contributed by atoms with Crippen LogP contribution in [0.2, 0.25) is 0 Å². The Morgan fingerprint density at radius 1 is 1.80 bits per heavy atom. The van der Waals surface area contributed by atoms with Crippen LogP contribution < -0.4 is 5.32 Å². The Balaban J connectivity index is 2.30. The van der Waals surface area contributed by atoms with Crippen LogP contribution in [0.5, 0.6) is 0 Å². The molecule has 0 radical (unpaired) electrons. The molecule has 1 rings (SSSR count). The standard InChI is InChI=1S/C10H16N4O/c1-3-4-11-7-10(15)14(2)8-9-5-12-13-6-9/h3,5-6,11H,1,4,7-8H2,2H3,(H,12,13). The molecule has 0 atom stereocenters. The molecular weight excluding hydrogens is 192 g/mol. The van der Waals surface area contributed by atoms with Crippen LogP contribution >= 0.6 is 0 Å². The monoisotopic (exact) mass is 208 g/mol. The number of hydrogen-bond acceptors (Lipinski definition) is 3. The van der Waals surface area contributed by atoms with Gasteiger partial charge in [-0.1, -0.05) is 6.08 Å². The first-order chi connectivity index (χ1) is 7.24. The summed E-state index contributed by atoms with van der Waals surface area (Å²) in [6.45, 7) is 5.12. The van der Waals surface area contributed by atoms with Crippen molar-refractivity contribution in [2.24, 2.45) is 0 Å². The van der Waals surface area contributed by atoms with E-state index in [0.29, 0.717) is 19.6 Å². The van der Waals surface area contributed by atoms with E-state index in [4.69, 9.17) is 0 Å². The third-order valence-electron chi connectivity index (χ3n) is 1.97. The van der Waals surface area contributed by atoms with E-state index in [0.717, 1.165) is 5.56 Å². The van der Waals surface area contributed by atoms with Crippen molar-refractivity contribution in [1.29, 1.82) is 0 Å². The van der Waals surface area contributed by atoms with Crippen LogP contribution in [0.1, 0.15) is 5.56 Å². The fourth-order valence-electron chi connectivity index (χ4n) is 1.14. The highest BCUT2D eigenvalue weighted by atomic mass is 16.2. The van der Waals surface area contributed by atoms with E-state index in [1.165, 1.54) is 0 Å². The van der Waals surface area contributed by atoms with Gasteiger partial charge in [0.2, 0.25) is 5.91 Å². The fourth-order valence-corrected chi connectivity index (χ4v) is 1.14. The number of H-pyrrole nitrogens is 1. The van der Waals surface area contributed by atoms with Crippen molar-refractivity contribution >= 4 is 5.91 Å². The molecule has 1 aromatic heterocycles. The van der Waals surface area contributed by atoms with Crippen molar-refractivity contribution in [3.63, 3.8) is 0 Å².